The van der Waals surface area contributed by atoms with Crippen molar-refractivity contribution in [2.75, 3.05) is 18.4 Å². The number of anilines is 1. The van der Waals surface area contributed by atoms with Gasteiger partial charge in [-0.15, -0.1) is 5.10 Å². The molecule has 2 aromatic rings. The molecule has 0 aliphatic carbocycles. The summed E-state index contributed by atoms with van der Waals surface area (Å²) in [6.07, 6.45) is 1.72. The smallest absolute Gasteiger partial charge is 0.322 e. The lowest BCUT2D eigenvalue weighted by atomic mass is 9.97. The number of aromatic nitrogens is 2. The fourth-order valence-corrected chi connectivity index (χ4v) is 4.37. The molecule has 0 atom stereocenters. The zero-order valence-corrected chi connectivity index (χ0v) is 17.4. The molecule has 1 amide bonds. The maximum Gasteiger partial charge on any atom is 0.322 e. The molecule has 1 aliphatic heterocycles. The van der Waals surface area contributed by atoms with E-state index < -0.39 is 15.9 Å². The summed E-state index contributed by atoms with van der Waals surface area (Å²) in [5.74, 6) is 0.515. The summed E-state index contributed by atoms with van der Waals surface area (Å²) in [5.41, 5.74) is -0.0140. The van der Waals surface area contributed by atoms with E-state index in [9.17, 15) is 13.2 Å². The van der Waals surface area contributed by atoms with E-state index in [0.717, 1.165) is 12.8 Å². The molecule has 9 heteroatoms. The average Bonchev–Trinajstić information content (AvgIpc) is 3.11. The van der Waals surface area contributed by atoms with Crippen molar-refractivity contribution in [2.24, 2.45) is 5.92 Å². The van der Waals surface area contributed by atoms with Crippen LogP contribution in [0.25, 0.3) is 0 Å². The third kappa shape index (κ3) is 4.41. The SMILES string of the molecule is CC1CCN(S(=O)(=O)c2ccc(C(=O)Nc3nnc(C(C)(C)C)o3)cc2)CC1. The van der Waals surface area contributed by atoms with E-state index in [1.54, 1.807) is 0 Å². The van der Waals surface area contributed by atoms with Crippen LogP contribution < -0.4 is 5.32 Å². The largest absolute Gasteiger partial charge is 0.407 e. The van der Waals surface area contributed by atoms with Crippen LogP contribution in [0.3, 0.4) is 0 Å². The number of carbonyl (C=O) groups excluding carboxylic acids is 1. The van der Waals surface area contributed by atoms with Gasteiger partial charge in [0, 0.05) is 24.1 Å². The van der Waals surface area contributed by atoms with Crippen LogP contribution in [0.5, 0.6) is 0 Å². The molecule has 152 valence electrons. The van der Waals surface area contributed by atoms with Crippen LogP contribution in [0, 0.1) is 5.92 Å². The van der Waals surface area contributed by atoms with Gasteiger partial charge >= 0.3 is 6.01 Å². The lowest BCUT2D eigenvalue weighted by Crippen LogP contribution is -2.37. The molecule has 0 saturated carbocycles. The summed E-state index contributed by atoms with van der Waals surface area (Å²) < 4.78 is 32.5. The summed E-state index contributed by atoms with van der Waals surface area (Å²) in [6, 6.07) is 5.88. The molecule has 0 spiro atoms. The van der Waals surface area contributed by atoms with E-state index in [4.69, 9.17) is 4.42 Å². The highest BCUT2D eigenvalue weighted by Gasteiger charge is 2.28. The van der Waals surface area contributed by atoms with E-state index in [0.29, 0.717) is 30.5 Å². The Balaban J connectivity index is 1.70. The van der Waals surface area contributed by atoms with Crippen molar-refractivity contribution in [2.45, 2.75) is 50.8 Å². The van der Waals surface area contributed by atoms with Gasteiger partial charge in [-0.2, -0.15) is 4.31 Å². The second-order valence-corrected chi connectivity index (χ2v) is 10.2. The molecule has 2 heterocycles. The number of nitrogens with zero attached hydrogens (tertiary/aromatic N) is 3. The predicted molar refractivity (Wildman–Crippen MR) is 105 cm³/mol. The molecule has 1 fully saturated rings. The summed E-state index contributed by atoms with van der Waals surface area (Å²) >= 11 is 0. The minimum atomic E-state index is -3.54. The number of sulfonamides is 1. The maximum atomic E-state index is 12.8. The van der Waals surface area contributed by atoms with Gasteiger partial charge in [0.25, 0.3) is 5.91 Å². The molecule has 1 aliphatic rings. The molecule has 1 saturated heterocycles. The van der Waals surface area contributed by atoms with Gasteiger partial charge in [0.05, 0.1) is 4.90 Å². The molecule has 28 heavy (non-hydrogen) atoms. The second-order valence-electron chi connectivity index (χ2n) is 8.23. The van der Waals surface area contributed by atoms with E-state index in [-0.39, 0.29) is 16.3 Å². The standard InChI is InChI=1S/C19H26N4O4S/c1-13-9-11-23(12-10-13)28(25,26)15-7-5-14(6-8-15)16(24)20-18-22-21-17(27-18)19(2,3)4/h5-8,13H,9-12H2,1-4H3,(H,20,22,24). The van der Waals surface area contributed by atoms with E-state index >= 15 is 0 Å². The van der Waals surface area contributed by atoms with Crippen molar-refractivity contribution in [3.8, 4) is 0 Å². The molecule has 1 aromatic heterocycles. The maximum absolute atomic E-state index is 12.8. The molecule has 0 bridgehead atoms. The quantitative estimate of drug-likeness (QED) is 0.837. The van der Waals surface area contributed by atoms with E-state index in [1.165, 1.54) is 28.6 Å². The van der Waals surface area contributed by atoms with Crippen molar-refractivity contribution in [1.29, 1.82) is 0 Å². The van der Waals surface area contributed by atoms with Gasteiger partial charge in [0.2, 0.25) is 15.9 Å². The Morgan fingerprint density at radius 3 is 2.29 bits per heavy atom. The summed E-state index contributed by atoms with van der Waals surface area (Å²) in [4.78, 5) is 12.6. The Bertz CT molecular complexity index is 937. The van der Waals surface area contributed by atoms with Crippen molar-refractivity contribution in [3.63, 3.8) is 0 Å². The number of amides is 1. The molecule has 1 N–H and O–H groups in total. The van der Waals surface area contributed by atoms with Crippen LogP contribution in [0.15, 0.2) is 33.6 Å². The van der Waals surface area contributed by atoms with Gasteiger partial charge in [0.1, 0.15) is 0 Å². The molecule has 0 unspecified atom stereocenters. The highest BCUT2D eigenvalue weighted by molar-refractivity contribution is 7.89. The van der Waals surface area contributed by atoms with Gasteiger partial charge in [-0.25, -0.2) is 8.42 Å². The van der Waals surface area contributed by atoms with Gasteiger partial charge in [-0.3, -0.25) is 10.1 Å². The minimum absolute atomic E-state index is 0.00839. The number of nitrogens with one attached hydrogen (secondary N) is 1. The van der Waals surface area contributed by atoms with Crippen LogP contribution in [0.2, 0.25) is 0 Å². The molecule has 3 rings (SSSR count). The second kappa shape index (κ2) is 7.63. The first-order chi connectivity index (χ1) is 13.1. The fourth-order valence-electron chi connectivity index (χ4n) is 2.90. The summed E-state index contributed by atoms with van der Waals surface area (Å²) in [6.45, 7) is 8.96. The van der Waals surface area contributed by atoms with Gasteiger partial charge in [0.15, 0.2) is 0 Å². The number of benzene rings is 1. The average molecular weight is 407 g/mol. The van der Waals surface area contributed by atoms with Crippen molar-refractivity contribution >= 4 is 21.9 Å². The zero-order valence-electron chi connectivity index (χ0n) is 16.6. The highest BCUT2D eigenvalue weighted by atomic mass is 32.2. The molecular formula is C19H26N4O4S. The monoisotopic (exact) mass is 406 g/mol. The van der Waals surface area contributed by atoms with Crippen molar-refractivity contribution in [1.82, 2.24) is 14.5 Å². The molecular weight excluding hydrogens is 380 g/mol. The summed E-state index contributed by atoms with van der Waals surface area (Å²) in [7, 11) is -3.54. The Hall–Kier alpha value is -2.26. The van der Waals surface area contributed by atoms with Gasteiger partial charge in [-0.05, 0) is 43.0 Å². The lowest BCUT2D eigenvalue weighted by molar-refractivity contribution is 0.102. The van der Waals surface area contributed by atoms with E-state index in [1.807, 2.05) is 20.8 Å². The normalized spacial score (nSPS) is 16.9. The Morgan fingerprint density at radius 2 is 1.75 bits per heavy atom. The molecule has 8 nitrogen and oxygen atoms in total. The third-order valence-corrected chi connectivity index (χ3v) is 6.70. The van der Waals surface area contributed by atoms with Gasteiger partial charge < -0.3 is 4.42 Å². The van der Waals surface area contributed by atoms with E-state index in [2.05, 4.69) is 22.4 Å². The van der Waals surface area contributed by atoms with Crippen molar-refractivity contribution in [3.05, 3.63) is 35.7 Å². The predicted octanol–water partition coefficient (Wildman–Crippen LogP) is 3.04. The summed E-state index contributed by atoms with van der Waals surface area (Å²) in [5, 5.41) is 10.3. The van der Waals surface area contributed by atoms with Crippen LogP contribution in [0.1, 0.15) is 56.8 Å². The van der Waals surface area contributed by atoms with Crippen LogP contribution >= 0.6 is 0 Å². The third-order valence-electron chi connectivity index (χ3n) is 4.78. The van der Waals surface area contributed by atoms with Crippen LogP contribution in [-0.2, 0) is 15.4 Å². The number of hydrogen-bond acceptors (Lipinski definition) is 6. The molecule has 1 aromatic carbocycles. The minimum Gasteiger partial charge on any atom is -0.407 e. The zero-order chi connectivity index (χ0) is 20.5. The molecule has 0 radical (unpaired) electrons. The Morgan fingerprint density at radius 1 is 1.14 bits per heavy atom. The first-order valence-corrected chi connectivity index (χ1v) is 10.8. The highest BCUT2D eigenvalue weighted by Crippen LogP contribution is 2.24. The van der Waals surface area contributed by atoms with Crippen LogP contribution in [0.4, 0.5) is 6.01 Å². The number of carbonyl (C=O) groups is 1. The van der Waals surface area contributed by atoms with Crippen LogP contribution in [-0.4, -0.2) is 41.9 Å². The number of hydrogen-bond donors (Lipinski definition) is 1. The van der Waals surface area contributed by atoms with Gasteiger partial charge in [-0.1, -0.05) is 32.8 Å². The van der Waals surface area contributed by atoms with Crippen molar-refractivity contribution < 1.29 is 17.6 Å². The Labute approximate surface area is 165 Å². The number of rotatable bonds is 4. The first kappa shape index (κ1) is 20.5. The topological polar surface area (TPSA) is 105 Å². The first-order valence-electron chi connectivity index (χ1n) is 9.33. The number of piperidine rings is 1. The fraction of sp³-hybridized carbons (Fsp3) is 0.526. The Kier molecular flexibility index (Phi) is 5.58. The lowest BCUT2D eigenvalue weighted by Gasteiger charge is -2.29.